The van der Waals surface area contributed by atoms with Crippen LogP contribution in [0.3, 0.4) is 0 Å². The van der Waals surface area contributed by atoms with Gasteiger partial charge in [0.2, 0.25) is 0 Å². The number of rotatable bonds is 8. The van der Waals surface area contributed by atoms with Gasteiger partial charge >= 0.3 is 13.6 Å². The number of benzene rings is 1. The summed E-state index contributed by atoms with van der Waals surface area (Å²) in [4.78, 5) is 23.1. The number of esters is 1. The van der Waals surface area contributed by atoms with Crippen LogP contribution in [-0.4, -0.2) is 45.4 Å². The van der Waals surface area contributed by atoms with Gasteiger partial charge in [0, 0.05) is 19.8 Å². The molecule has 0 fully saturated rings. The molecular weight excluding hydrogens is 297 g/mol. The Labute approximate surface area is 123 Å². The Bertz CT molecular complexity index is 511. The lowest BCUT2D eigenvalue weighted by Crippen LogP contribution is -2.31. The third-order valence-electron chi connectivity index (χ3n) is 2.61. The van der Waals surface area contributed by atoms with E-state index >= 15 is 0 Å². The smallest absolute Gasteiger partial charge is 0.333 e. The van der Waals surface area contributed by atoms with Gasteiger partial charge < -0.3 is 19.1 Å². The van der Waals surface area contributed by atoms with Crippen LogP contribution in [0.25, 0.3) is 0 Å². The molecule has 1 aromatic carbocycles. The third kappa shape index (κ3) is 6.08. The molecule has 8 heteroatoms. The fourth-order valence-corrected chi connectivity index (χ4v) is 2.25. The number of carbonyl (C=O) groups excluding carboxylic acids is 2. The Morgan fingerprint density at radius 2 is 1.76 bits per heavy atom. The van der Waals surface area contributed by atoms with Crippen LogP contribution in [0.15, 0.2) is 30.3 Å². The molecule has 0 spiro atoms. The molecule has 0 unspecified atom stereocenters. The second-order valence-electron chi connectivity index (χ2n) is 3.97. The van der Waals surface area contributed by atoms with Gasteiger partial charge in [-0.15, -0.1) is 0 Å². The Hall–Kier alpha value is -1.69. The number of hydrogen-bond donors (Lipinski definition) is 1. The van der Waals surface area contributed by atoms with Crippen LogP contribution in [0.1, 0.15) is 10.4 Å². The first-order valence-corrected chi connectivity index (χ1v) is 7.93. The predicted molar refractivity (Wildman–Crippen MR) is 76.2 cm³/mol. The van der Waals surface area contributed by atoms with Gasteiger partial charge in [-0.25, -0.2) is 0 Å². The van der Waals surface area contributed by atoms with E-state index in [1.54, 1.807) is 30.3 Å². The molecule has 1 amide bonds. The van der Waals surface area contributed by atoms with Crippen LogP contribution < -0.4 is 5.32 Å². The van der Waals surface area contributed by atoms with Crippen molar-refractivity contribution in [1.82, 2.24) is 5.32 Å². The van der Waals surface area contributed by atoms with Crippen molar-refractivity contribution in [3.63, 3.8) is 0 Å². The summed E-state index contributed by atoms with van der Waals surface area (Å²) in [5.41, 5.74) is 0.452. The molecule has 21 heavy (non-hydrogen) atoms. The SMILES string of the molecule is COP(=O)(CCOC(=O)CNC(=O)c1ccccc1)OC. The molecule has 116 valence electrons. The van der Waals surface area contributed by atoms with Gasteiger partial charge in [-0.05, 0) is 12.1 Å². The highest BCUT2D eigenvalue weighted by atomic mass is 31.2. The molecule has 0 radical (unpaired) electrons. The summed E-state index contributed by atoms with van der Waals surface area (Å²) in [5, 5.41) is 2.43. The maximum Gasteiger partial charge on any atom is 0.333 e. The van der Waals surface area contributed by atoms with Crippen LogP contribution >= 0.6 is 7.60 Å². The molecule has 1 rings (SSSR count). The lowest BCUT2D eigenvalue weighted by Gasteiger charge is -2.13. The normalized spacial score (nSPS) is 11.0. The molecule has 0 saturated heterocycles. The lowest BCUT2D eigenvalue weighted by molar-refractivity contribution is -0.141. The monoisotopic (exact) mass is 315 g/mol. The molecule has 0 saturated carbocycles. The first-order valence-electron chi connectivity index (χ1n) is 6.20. The predicted octanol–water partition coefficient (Wildman–Crippen LogP) is 1.45. The summed E-state index contributed by atoms with van der Waals surface area (Å²) in [5.74, 6) is -0.995. The highest BCUT2D eigenvalue weighted by Crippen LogP contribution is 2.45. The maximum absolute atomic E-state index is 11.7. The summed E-state index contributed by atoms with van der Waals surface area (Å²) < 4.78 is 25.9. The van der Waals surface area contributed by atoms with Gasteiger partial charge in [-0.2, -0.15) is 0 Å². The number of ether oxygens (including phenoxy) is 1. The summed E-state index contributed by atoms with van der Waals surface area (Å²) >= 11 is 0. The van der Waals surface area contributed by atoms with E-state index in [9.17, 15) is 14.2 Å². The number of nitrogens with one attached hydrogen (secondary N) is 1. The first-order chi connectivity index (χ1) is 10.0. The standard InChI is InChI=1S/C13H18NO6P/c1-18-21(17,19-2)9-8-20-12(15)10-14-13(16)11-6-4-3-5-7-11/h3-7H,8-10H2,1-2H3,(H,14,16). The number of amides is 1. The summed E-state index contributed by atoms with van der Waals surface area (Å²) in [6.07, 6.45) is -0.0433. The van der Waals surface area contributed by atoms with Gasteiger partial charge in [0.15, 0.2) is 0 Å². The summed E-state index contributed by atoms with van der Waals surface area (Å²) in [6.45, 7) is -0.378. The van der Waals surface area contributed by atoms with E-state index in [2.05, 4.69) is 5.32 Å². The zero-order chi connectivity index (χ0) is 15.7. The topological polar surface area (TPSA) is 90.9 Å². The van der Waals surface area contributed by atoms with Crippen molar-refractivity contribution >= 4 is 19.5 Å². The fourth-order valence-electron chi connectivity index (χ4n) is 1.42. The molecule has 0 aromatic heterocycles. The van der Waals surface area contributed by atoms with Crippen molar-refractivity contribution in [2.45, 2.75) is 0 Å². The molecule has 0 bridgehead atoms. The van der Waals surface area contributed by atoms with E-state index in [-0.39, 0.29) is 25.2 Å². The van der Waals surface area contributed by atoms with E-state index in [4.69, 9.17) is 13.8 Å². The quantitative estimate of drug-likeness (QED) is 0.577. The van der Waals surface area contributed by atoms with Gasteiger partial charge in [-0.3, -0.25) is 14.2 Å². The average Bonchev–Trinajstić information content (AvgIpc) is 2.53. The van der Waals surface area contributed by atoms with E-state index in [1.807, 2.05) is 0 Å². The van der Waals surface area contributed by atoms with E-state index in [0.717, 1.165) is 0 Å². The number of hydrogen-bond acceptors (Lipinski definition) is 6. The van der Waals surface area contributed by atoms with Gasteiger partial charge in [0.25, 0.3) is 5.91 Å². The van der Waals surface area contributed by atoms with E-state index in [0.29, 0.717) is 5.56 Å². The molecule has 0 aliphatic carbocycles. The van der Waals surface area contributed by atoms with Crippen LogP contribution in [-0.2, 0) is 23.1 Å². The van der Waals surface area contributed by atoms with Crippen LogP contribution in [0.2, 0.25) is 0 Å². The Kier molecular flexibility index (Phi) is 7.08. The minimum absolute atomic E-state index is 0.0433. The molecular formula is C13H18NO6P. The third-order valence-corrected chi connectivity index (χ3v) is 4.46. The van der Waals surface area contributed by atoms with Crippen LogP contribution in [0.5, 0.6) is 0 Å². The largest absolute Gasteiger partial charge is 0.464 e. The summed E-state index contributed by atoms with van der Waals surface area (Å²) in [7, 11) is -0.675. The first kappa shape index (κ1) is 17.4. The van der Waals surface area contributed by atoms with Crippen molar-refractivity contribution in [1.29, 1.82) is 0 Å². The van der Waals surface area contributed by atoms with Crippen molar-refractivity contribution in [3.8, 4) is 0 Å². The Balaban J connectivity index is 2.29. The van der Waals surface area contributed by atoms with E-state index < -0.39 is 13.6 Å². The number of carbonyl (C=O) groups is 2. The van der Waals surface area contributed by atoms with Gasteiger partial charge in [0.05, 0.1) is 6.16 Å². The minimum atomic E-state index is -3.19. The lowest BCUT2D eigenvalue weighted by atomic mass is 10.2. The van der Waals surface area contributed by atoms with Crippen molar-refractivity contribution < 1.29 is 27.9 Å². The fraction of sp³-hybridized carbons (Fsp3) is 0.385. The van der Waals surface area contributed by atoms with Crippen LogP contribution in [0.4, 0.5) is 0 Å². The molecule has 0 aliphatic heterocycles. The Morgan fingerprint density at radius 3 is 2.33 bits per heavy atom. The van der Waals surface area contributed by atoms with Crippen molar-refractivity contribution in [2.75, 3.05) is 33.5 Å². The average molecular weight is 315 g/mol. The highest BCUT2D eigenvalue weighted by Gasteiger charge is 2.21. The molecule has 0 atom stereocenters. The van der Waals surface area contributed by atoms with Crippen molar-refractivity contribution in [3.05, 3.63) is 35.9 Å². The second kappa shape index (κ2) is 8.56. The van der Waals surface area contributed by atoms with Gasteiger partial charge in [0.1, 0.15) is 13.2 Å². The second-order valence-corrected chi connectivity index (χ2v) is 6.37. The van der Waals surface area contributed by atoms with E-state index in [1.165, 1.54) is 14.2 Å². The summed E-state index contributed by atoms with van der Waals surface area (Å²) in [6, 6.07) is 8.50. The van der Waals surface area contributed by atoms with Crippen molar-refractivity contribution in [2.24, 2.45) is 0 Å². The molecule has 7 nitrogen and oxygen atoms in total. The molecule has 1 aromatic rings. The molecule has 0 aliphatic rings. The molecule has 1 N–H and O–H groups in total. The zero-order valence-electron chi connectivity index (χ0n) is 11.9. The van der Waals surface area contributed by atoms with Gasteiger partial charge in [-0.1, -0.05) is 18.2 Å². The van der Waals surface area contributed by atoms with Crippen LogP contribution in [0, 0.1) is 0 Å². The Morgan fingerprint density at radius 1 is 1.14 bits per heavy atom. The highest BCUT2D eigenvalue weighted by molar-refractivity contribution is 7.53. The zero-order valence-corrected chi connectivity index (χ0v) is 12.8. The molecule has 0 heterocycles. The minimum Gasteiger partial charge on any atom is -0.464 e. The maximum atomic E-state index is 11.7.